The molecule has 1 N–H and O–H groups in total. The maximum absolute atomic E-state index is 12.2. The van der Waals surface area contributed by atoms with Crippen LogP contribution in [0.5, 0.6) is 0 Å². The molecule has 0 aliphatic carbocycles. The molecule has 0 aromatic heterocycles. The standard InChI is InChI=1S/C16H19N3O5S2/c1-16(2,3)17-13(20)9-24-14(21)10-4-5-11-12(8-10)25-15-18-26(22,23)7-6-19(11)15/h4-5,8H,6-7,9H2,1-3H3,(H,17,20). The number of ether oxygens (including phenoxy) is 1. The average molecular weight is 397 g/mol. The van der Waals surface area contributed by atoms with Gasteiger partial charge in [-0.3, -0.25) is 4.79 Å². The molecule has 10 heteroatoms. The normalized spacial score (nSPS) is 17.8. The van der Waals surface area contributed by atoms with Crippen molar-refractivity contribution in [2.75, 3.05) is 23.8 Å². The van der Waals surface area contributed by atoms with Crippen LogP contribution in [0.25, 0.3) is 0 Å². The molecule has 2 aliphatic heterocycles. The SMILES string of the molecule is CC(C)(C)NC(=O)COC(=O)c1ccc2c(c1)SC1=NS(=O)(=O)CCN12. The topological polar surface area (TPSA) is 105 Å². The zero-order valence-electron chi connectivity index (χ0n) is 14.6. The van der Waals surface area contributed by atoms with E-state index >= 15 is 0 Å². The van der Waals surface area contributed by atoms with E-state index in [2.05, 4.69) is 9.71 Å². The fourth-order valence-corrected chi connectivity index (χ4v) is 4.82. The summed E-state index contributed by atoms with van der Waals surface area (Å²) in [4.78, 5) is 26.5. The molecule has 0 radical (unpaired) electrons. The Morgan fingerprint density at radius 1 is 1.35 bits per heavy atom. The van der Waals surface area contributed by atoms with Crippen molar-refractivity contribution in [1.82, 2.24) is 5.32 Å². The molecule has 3 rings (SSSR count). The number of rotatable bonds is 3. The van der Waals surface area contributed by atoms with Crippen molar-refractivity contribution in [3.63, 3.8) is 0 Å². The molecule has 0 saturated carbocycles. The highest BCUT2D eigenvalue weighted by Gasteiger charge is 2.33. The number of esters is 1. The molecule has 0 bridgehead atoms. The van der Waals surface area contributed by atoms with Crippen molar-refractivity contribution in [3.8, 4) is 0 Å². The highest BCUT2D eigenvalue weighted by atomic mass is 32.2. The molecule has 0 spiro atoms. The van der Waals surface area contributed by atoms with Crippen molar-refractivity contribution in [2.24, 2.45) is 4.40 Å². The number of thioether (sulfide) groups is 1. The van der Waals surface area contributed by atoms with Gasteiger partial charge < -0.3 is 15.0 Å². The zero-order chi connectivity index (χ0) is 19.1. The number of amidine groups is 1. The second-order valence-corrected chi connectivity index (χ2v) is 9.73. The molecule has 140 valence electrons. The van der Waals surface area contributed by atoms with Crippen LogP contribution in [0.3, 0.4) is 0 Å². The third-order valence-corrected chi connectivity index (χ3v) is 5.86. The maximum Gasteiger partial charge on any atom is 0.338 e. The summed E-state index contributed by atoms with van der Waals surface area (Å²) in [5, 5.41) is 3.10. The Balaban J connectivity index is 1.69. The van der Waals surface area contributed by atoms with Gasteiger partial charge in [-0.1, -0.05) is 0 Å². The fraction of sp³-hybridized carbons (Fsp3) is 0.438. The smallest absolute Gasteiger partial charge is 0.338 e. The molecule has 2 heterocycles. The first kappa shape index (κ1) is 18.7. The lowest BCUT2D eigenvalue weighted by Gasteiger charge is -2.22. The number of nitrogens with one attached hydrogen (secondary N) is 1. The minimum Gasteiger partial charge on any atom is -0.452 e. The van der Waals surface area contributed by atoms with E-state index in [1.807, 2.05) is 25.7 Å². The zero-order valence-corrected chi connectivity index (χ0v) is 16.2. The number of sulfonamides is 1. The number of carbonyl (C=O) groups excluding carboxylic acids is 2. The lowest BCUT2D eigenvalue weighted by Crippen LogP contribution is -2.42. The second-order valence-electron chi connectivity index (χ2n) is 6.97. The molecule has 26 heavy (non-hydrogen) atoms. The van der Waals surface area contributed by atoms with Crippen molar-refractivity contribution >= 4 is 44.5 Å². The molecule has 1 aromatic rings. The van der Waals surface area contributed by atoms with Crippen molar-refractivity contribution in [1.29, 1.82) is 0 Å². The second kappa shape index (κ2) is 6.58. The fourth-order valence-electron chi connectivity index (χ4n) is 2.53. The van der Waals surface area contributed by atoms with Crippen LogP contribution >= 0.6 is 11.8 Å². The maximum atomic E-state index is 12.2. The molecule has 1 aromatic carbocycles. The Morgan fingerprint density at radius 2 is 2.08 bits per heavy atom. The van der Waals surface area contributed by atoms with Gasteiger partial charge in [0.1, 0.15) is 0 Å². The number of fused-ring (bicyclic) bond motifs is 3. The molecule has 2 aliphatic rings. The first-order valence-electron chi connectivity index (χ1n) is 7.94. The lowest BCUT2D eigenvalue weighted by atomic mass is 10.1. The molecule has 8 nitrogen and oxygen atoms in total. The Bertz CT molecular complexity index is 903. The third-order valence-electron chi connectivity index (χ3n) is 3.56. The van der Waals surface area contributed by atoms with Gasteiger partial charge in [-0.05, 0) is 50.7 Å². The first-order valence-corrected chi connectivity index (χ1v) is 10.4. The van der Waals surface area contributed by atoms with Crippen LogP contribution in [0.4, 0.5) is 5.69 Å². The number of hydrogen-bond acceptors (Lipinski definition) is 7. The summed E-state index contributed by atoms with van der Waals surface area (Å²) in [6.45, 7) is 5.47. The van der Waals surface area contributed by atoms with Gasteiger partial charge in [-0.15, -0.1) is 4.40 Å². The van der Waals surface area contributed by atoms with Crippen LogP contribution in [-0.4, -0.2) is 49.9 Å². The average Bonchev–Trinajstić information content (AvgIpc) is 2.85. The minimum absolute atomic E-state index is 0.0385. The summed E-state index contributed by atoms with van der Waals surface area (Å²) < 4.78 is 32.1. The Kier molecular flexibility index (Phi) is 4.74. The number of benzene rings is 1. The summed E-state index contributed by atoms with van der Waals surface area (Å²) in [5.74, 6) is -1.03. The van der Waals surface area contributed by atoms with Gasteiger partial charge in [-0.25, -0.2) is 13.2 Å². The van der Waals surface area contributed by atoms with Gasteiger partial charge >= 0.3 is 5.97 Å². The monoisotopic (exact) mass is 397 g/mol. The van der Waals surface area contributed by atoms with Gasteiger partial charge in [-0.2, -0.15) is 0 Å². The van der Waals surface area contributed by atoms with E-state index in [9.17, 15) is 18.0 Å². The summed E-state index contributed by atoms with van der Waals surface area (Å²) in [6, 6.07) is 4.95. The van der Waals surface area contributed by atoms with Crippen LogP contribution in [0, 0.1) is 0 Å². The number of hydrogen-bond donors (Lipinski definition) is 1. The lowest BCUT2D eigenvalue weighted by molar-refractivity contribution is -0.125. The number of amides is 1. The summed E-state index contributed by atoms with van der Waals surface area (Å²) >= 11 is 1.20. The number of anilines is 1. The van der Waals surface area contributed by atoms with Crippen LogP contribution < -0.4 is 10.2 Å². The van der Waals surface area contributed by atoms with Crippen LogP contribution in [0.2, 0.25) is 0 Å². The Hall–Kier alpha value is -2.07. The summed E-state index contributed by atoms with van der Waals surface area (Å²) in [7, 11) is -3.42. The molecular weight excluding hydrogens is 378 g/mol. The highest BCUT2D eigenvalue weighted by molar-refractivity contribution is 8.15. The first-order chi connectivity index (χ1) is 12.0. The molecule has 1 amide bonds. The van der Waals surface area contributed by atoms with E-state index < -0.39 is 21.5 Å². The number of carbonyl (C=O) groups is 2. The molecule has 0 fully saturated rings. The molecule has 0 atom stereocenters. The van der Waals surface area contributed by atoms with Gasteiger partial charge in [0.2, 0.25) is 0 Å². The van der Waals surface area contributed by atoms with E-state index in [1.165, 1.54) is 11.8 Å². The summed E-state index contributed by atoms with van der Waals surface area (Å²) in [5.41, 5.74) is 0.702. The van der Waals surface area contributed by atoms with Gasteiger partial charge in [0.15, 0.2) is 11.8 Å². The predicted octanol–water partition coefficient (Wildman–Crippen LogP) is 1.37. The Morgan fingerprint density at radius 3 is 2.77 bits per heavy atom. The largest absolute Gasteiger partial charge is 0.452 e. The van der Waals surface area contributed by atoms with Crippen LogP contribution in [0.1, 0.15) is 31.1 Å². The van der Waals surface area contributed by atoms with E-state index in [1.54, 1.807) is 18.2 Å². The van der Waals surface area contributed by atoms with Crippen LogP contribution in [0.15, 0.2) is 27.5 Å². The van der Waals surface area contributed by atoms with Gasteiger partial charge in [0, 0.05) is 17.0 Å². The predicted molar refractivity (Wildman–Crippen MR) is 99.0 cm³/mol. The van der Waals surface area contributed by atoms with E-state index in [0.717, 1.165) is 10.6 Å². The molecule has 0 saturated heterocycles. The third kappa shape index (κ3) is 4.18. The van der Waals surface area contributed by atoms with Crippen molar-refractivity contribution in [2.45, 2.75) is 31.2 Å². The van der Waals surface area contributed by atoms with Gasteiger partial charge in [0.05, 0.1) is 17.0 Å². The molecular formula is C16H19N3O5S2. The minimum atomic E-state index is -3.42. The van der Waals surface area contributed by atoms with E-state index in [-0.39, 0.29) is 18.3 Å². The van der Waals surface area contributed by atoms with Crippen molar-refractivity contribution in [3.05, 3.63) is 23.8 Å². The van der Waals surface area contributed by atoms with Crippen LogP contribution in [-0.2, 0) is 19.6 Å². The van der Waals surface area contributed by atoms with Crippen molar-refractivity contribution < 1.29 is 22.7 Å². The molecule has 0 unspecified atom stereocenters. The van der Waals surface area contributed by atoms with E-state index in [0.29, 0.717) is 17.3 Å². The highest BCUT2D eigenvalue weighted by Crippen LogP contribution is 2.42. The van der Waals surface area contributed by atoms with E-state index in [4.69, 9.17) is 4.74 Å². The quantitative estimate of drug-likeness (QED) is 0.768. The van der Waals surface area contributed by atoms with Gasteiger partial charge in [0.25, 0.3) is 15.9 Å². The number of nitrogens with zero attached hydrogens (tertiary/aromatic N) is 2. The Labute approximate surface area is 156 Å². The summed E-state index contributed by atoms with van der Waals surface area (Å²) in [6.07, 6.45) is 0.